The van der Waals surface area contributed by atoms with Gasteiger partial charge in [0, 0.05) is 16.7 Å². The maximum Gasteiger partial charge on any atom is 0.258 e. The Morgan fingerprint density at radius 2 is 1.55 bits per heavy atom. The molecular weight excluding hydrogens is 424 g/mol. The van der Waals surface area contributed by atoms with E-state index in [0.717, 1.165) is 46.1 Å². The number of rotatable bonds is 6. The van der Waals surface area contributed by atoms with Crippen LogP contribution in [0.2, 0.25) is 0 Å². The number of benzene rings is 3. The third kappa shape index (κ3) is 4.16. The van der Waals surface area contributed by atoms with Gasteiger partial charge in [0.15, 0.2) is 5.16 Å². The molecule has 1 aromatic heterocycles. The maximum atomic E-state index is 14.1. The van der Waals surface area contributed by atoms with Crippen LogP contribution in [0.25, 0.3) is 11.3 Å². The molecule has 3 aromatic carbocycles. The van der Waals surface area contributed by atoms with E-state index in [2.05, 4.69) is 68.4 Å². The molecular formula is C29H28N2OS. The van der Waals surface area contributed by atoms with Crippen LogP contribution in [0.5, 0.6) is 0 Å². The highest BCUT2D eigenvalue weighted by Crippen LogP contribution is 2.43. The highest BCUT2D eigenvalue weighted by atomic mass is 32.2. The molecule has 0 saturated heterocycles. The van der Waals surface area contributed by atoms with Crippen molar-refractivity contribution in [3.8, 4) is 11.3 Å². The molecule has 1 aliphatic carbocycles. The molecule has 0 amide bonds. The smallest absolute Gasteiger partial charge is 0.258 e. The molecule has 1 unspecified atom stereocenters. The molecule has 1 atom stereocenters. The Morgan fingerprint density at radius 3 is 2.24 bits per heavy atom. The first kappa shape index (κ1) is 21.7. The van der Waals surface area contributed by atoms with Gasteiger partial charge in [-0.2, -0.15) is 0 Å². The molecule has 0 spiro atoms. The first-order valence-corrected chi connectivity index (χ1v) is 12.5. The minimum Gasteiger partial charge on any atom is -0.283 e. The van der Waals surface area contributed by atoms with Gasteiger partial charge in [0.2, 0.25) is 0 Å². The molecule has 1 aliphatic rings. The molecule has 0 radical (unpaired) electrons. The minimum atomic E-state index is -0.227. The summed E-state index contributed by atoms with van der Waals surface area (Å²) in [6, 6.07) is 29.0. The summed E-state index contributed by atoms with van der Waals surface area (Å²) in [6.07, 6.45) is 1.76. The third-order valence-corrected chi connectivity index (χ3v) is 7.81. The monoisotopic (exact) mass is 452 g/mol. The fourth-order valence-electron chi connectivity index (χ4n) is 4.73. The van der Waals surface area contributed by atoms with E-state index in [1.807, 2.05) is 34.9 Å². The summed E-state index contributed by atoms with van der Waals surface area (Å²) in [7, 11) is 0. The van der Waals surface area contributed by atoms with Crippen molar-refractivity contribution < 1.29 is 0 Å². The van der Waals surface area contributed by atoms with Crippen LogP contribution < -0.4 is 5.56 Å². The number of hydrogen-bond donors (Lipinski definition) is 0. The number of hydrogen-bond acceptors (Lipinski definition) is 3. The Morgan fingerprint density at radius 1 is 0.909 bits per heavy atom. The van der Waals surface area contributed by atoms with Crippen molar-refractivity contribution in [2.24, 2.45) is 0 Å². The third-order valence-electron chi connectivity index (χ3n) is 6.77. The van der Waals surface area contributed by atoms with Gasteiger partial charge < -0.3 is 0 Å². The Kier molecular flexibility index (Phi) is 5.94. The second kappa shape index (κ2) is 9.03. The lowest BCUT2D eigenvalue weighted by atomic mass is 9.69. The summed E-state index contributed by atoms with van der Waals surface area (Å²) in [6.45, 7) is 4.92. The zero-order chi connectivity index (χ0) is 22.8. The van der Waals surface area contributed by atoms with Crippen molar-refractivity contribution in [1.82, 2.24) is 9.55 Å². The lowest BCUT2D eigenvalue weighted by Crippen LogP contribution is -2.40. The van der Waals surface area contributed by atoms with Gasteiger partial charge >= 0.3 is 0 Å². The van der Waals surface area contributed by atoms with Gasteiger partial charge in [0.05, 0.1) is 17.8 Å². The van der Waals surface area contributed by atoms with Crippen LogP contribution >= 0.6 is 11.8 Å². The Hall–Kier alpha value is -3.11. The predicted octanol–water partition coefficient (Wildman–Crippen LogP) is 6.47. The molecule has 0 fully saturated rings. The van der Waals surface area contributed by atoms with Crippen LogP contribution in [-0.4, -0.2) is 9.55 Å². The van der Waals surface area contributed by atoms with Crippen molar-refractivity contribution in [2.75, 3.05) is 0 Å². The first-order chi connectivity index (χ1) is 16.1. The van der Waals surface area contributed by atoms with Crippen LogP contribution in [0, 0.1) is 0 Å². The standard InChI is InChI=1S/C29H28N2OS/c1-3-29(2)18-23-16-10-11-17-24(23)26-25(29)27(32)31(19-21-12-6-4-7-13-21)28(30-26)33-20-22-14-8-5-9-15-22/h4-17H,3,18-20H2,1-2H3. The van der Waals surface area contributed by atoms with Gasteiger partial charge in [-0.3, -0.25) is 9.36 Å². The van der Waals surface area contributed by atoms with E-state index in [9.17, 15) is 4.79 Å². The van der Waals surface area contributed by atoms with Crippen molar-refractivity contribution in [1.29, 1.82) is 0 Å². The molecule has 33 heavy (non-hydrogen) atoms. The Bertz CT molecular complexity index is 1330. The zero-order valence-corrected chi connectivity index (χ0v) is 19.9. The highest BCUT2D eigenvalue weighted by molar-refractivity contribution is 7.98. The summed E-state index contributed by atoms with van der Waals surface area (Å²) in [5.74, 6) is 0.771. The summed E-state index contributed by atoms with van der Waals surface area (Å²) < 4.78 is 1.89. The largest absolute Gasteiger partial charge is 0.283 e. The van der Waals surface area contributed by atoms with Crippen molar-refractivity contribution >= 4 is 11.8 Å². The maximum absolute atomic E-state index is 14.1. The van der Waals surface area contributed by atoms with E-state index in [4.69, 9.17) is 4.98 Å². The molecule has 3 nitrogen and oxygen atoms in total. The van der Waals surface area contributed by atoms with E-state index >= 15 is 0 Å². The number of aromatic nitrogens is 2. The molecule has 5 rings (SSSR count). The van der Waals surface area contributed by atoms with Gasteiger partial charge in [0.25, 0.3) is 5.56 Å². The molecule has 4 aromatic rings. The predicted molar refractivity (Wildman–Crippen MR) is 137 cm³/mol. The molecule has 4 heteroatoms. The zero-order valence-electron chi connectivity index (χ0n) is 19.1. The topological polar surface area (TPSA) is 34.9 Å². The van der Waals surface area contributed by atoms with Crippen LogP contribution in [0.15, 0.2) is 94.9 Å². The van der Waals surface area contributed by atoms with Gasteiger partial charge in [0.1, 0.15) is 0 Å². The van der Waals surface area contributed by atoms with E-state index in [1.165, 1.54) is 11.1 Å². The SMILES string of the molecule is CCC1(C)Cc2ccccc2-c2nc(SCc3ccccc3)n(Cc3ccccc3)c(=O)c21. The molecule has 0 N–H and O–H groups in total. The van der Waals surface area contributed by atoms with E-state index in [0.29, 0.717) is 6.54 Å². The van der Waals surface area contributed by atoms with Crippen molar-refractivity contribution in [3.05, 3.63) is 118 Å². The summed E-state index contributed by atoms with van der Waals surface area (Å²) >= 11 is 1.64. The quantitative estimate of drug-likeness (QED) is 0.248. The molecule has 0 saturated carbocycles. The second-order valence-corrected chi connectivity index (χ2v) is 9.96. The van der Waals surface area contributed by atoms with Crippen LogP contribution in [0.4, 0.5) is 0 Å². The van der Waals surface area contributed by atoms with E-state index in [-0.39, 0.29) is 11.0 Å². The first-order valence-electron chi connectivity index (χ1n) is 11.5. The fraction of sp³-hybridized carbons (Fsp3) is 0.241. The van der Waals surface area contributed by atoms with Gasteiger partial charge in [-0.15, -0.1) is 0 Å². The number of nitrogens with zero attached hydrogens (tertiary/aromatic N) is 2. The number of thioether (sulfide) groups is 1. The minimum absolute atomic E-state index is 0.0956. The lowest BCUT2D eigenvalue weighted by molar-refractivity contribution is 0.430. The fourth-order valence-corrected chi connectivity index (χ4v) is 5.67. The summed E-state index contributed by atoms with van der Waals surface area (Å²) in [5, 5.41) is 0.779. The normalized spacial score (nSPS) is 16.8. The average molecular weight is 453 g/mol. The van der Waals surface area contributed by atoms with Crippen molar-refractivity contribution in [3.63, 3.8) is 0 Å². The van der Waals surface area contributed by atoms with E-state index < -0.39 is 0 Å². The van der Waals surface area contributed by atoms with E-state index in [1.54, 1.807) is 11.8 Å². The summed E-state index contributed by atoms with van der Waals surface area (Å²) in [4.78, 5) is 19.3. The molecule has 0 aliphatic heterocycles. The van der Waals surface area contributed by atoms with Crippen LogP contribution in [0.1, 0.15) is 42.5 Å². The van der Waals surface area contributed by atoms with Gasteiger partial charge in [-0.25, -0.2) is 4.98 Å². The Balaban J connectivity index is 1.69. The molecule has 166 valence electrons. The van der Waals surface area contributed by atoms with Crippen LogP contribution in [-0.2, 0) is 24.1 Å². The van der Waals surface area contributed by atoms with Crippen molar-refractivity contribution in [2.45, 2.75) is 49.6 Å². The Labute approximate surface area is 199 Å². The lowest BCUT2D eigenvalue weighted by Gasteiger charge is -2.36. The van der Waals surface area contributed by atoms with Gasteiger partial charge in [-0.05, 0) is 29.5 Å². The highest BCUT2D eigenvalue weighted by Gasteiger charge is 2.38. The number of fused-ring (bicyclic) bond motifs is 3. The average Bonchev–Trinajstić information content (AvgIpc) is 2.85. The van der Waals surface area contributed by atoms with Gasteiger partial charge in [-0.1, -0.05) is 111 Å². The van der Waals surface area contributed by atoms with Crippen LogP contribution in [0.3, 0.4) is 0 Å². The molecule has 1 heterocycles. The second-order valence-electron chi connectivity index (χ2n) is 9.02. The molecule has 0 bridgehead atoms. The summed E-state index contributed by atoms with van der Waals surface area (Å²) in [5.41, 5.74) is 6.31.